The van der Waals surface area contributed by atoms with Gasteiger partial charge in [-0.3, -0.25) is 0 Å². The summed E-state index contributed by atoms with van der Waals surface area (Å²) in [6.45, 7) is 14.0. The predicted molar refractivity (Wildman–Crippen MR) is 55.7 cm³/mol. The van der Waals surface area contributed by atoms with Crippen molar-refractivity contribution in [3.63, 3.8) is 0 Å². The molecule has 0 heterocycles. The molecule has 0 spiro atoms. The van der Waals surface area contributed by atoms with Crippen LogP contribution in [0, 0.1) is 0 Å². The highest BCUT2D eigenvalue weighted by molar-refractivity contribution is 5.38. The normalized spacial score (nSPS) is 7.08. The number of carbonyl (C=O) groups excluding carboxylic acids is 1. The van der Waals surface area contributed by atoms with Gasteiger partial charge in [-0.05, 0) is 34.3 Å². The summed E-state index contributed by atoms with van der Waals surface area (Å²) in [5.74, 6) is 1.25. The maximum Gasteiger partial charge on any atom is 0.116 e. The van der Waals surface area contributed by atoms with Crippen molar-refractivity contribution in [1.29, 1.82) is 0 Å². The van der Waals surface area contributed by atoms with Crippen molar-refractivity contribution in [3.8, 4) is 0 Å². The fourth-order valence-electron chi connectivity index (χ4n) is 0.408. The van der Waals surface area contributed by atoms with Crippen molar-refractivity contribution in [2.75, 3.05) is 26.4 Å². The summed E-state index contributed by atoms with van der Waals surface area (Å²) in [6, 6.07) is 0. The summed E-state index contributed by atoms with van der Waals surface area (Å²) in [5.41, 5.74) is 0. The van der Waals surface area contributed by atoms with Crippen LogP contribution in [0.25, 0.3) is 0 Å². The van der Waals surface area contributed by atoms with E-state index in [2.05, 4.69) is 6.58 Å². The molecule has 0 aliphatic rings. The Hall–Kier alpha value is -0.630. The average molecular weight is 190 g/mol. The highest BCUT2D eigenvalue weighted by Gasteiger charge is 1.64. The Morgan fingerprint density at radius 3 is 1.08 bits per heavy atom. The zero-order valence-corrected chi connectivity index (χ0v) is 9.26. The van der Waals surface area contributed by atoms with Gasteiger partial charge in [-0.25, -0.2) is 4.79 Å². The maximum atomic E-state index is 8.57. The van der Waals surface area contributed by atoms with Crippen LogP contribution in [-0.4, -0.2) is 32.4 Å². The largest absolute Gasteiger partial charge is 0.382 e. The molecule has 0 aromatic rings. The van der Waals surface area contributed by atoms with E-state index in [1.807, 2.05) is 27.7 Å². The molecule has 0 amide bonds. The van der Waals surface area contributed by atoms with Gasteiger partial charge in [-0.15, -0.1) is 0 Å². The molecule has 0 unspecified atom stereocenters. The lowest BCUT2D eigenvalue weighted by atomic mass is 10.8. The molecule has 13 heavy (non-hydrogen) atoms. The van der Waals surface area contributed by atoms with Crippen LogP contribution < -0.4 is 0 Å². The molecule has 3 nitrogen and oxygen atoms in total. The van der Waals surface area contributed by atoms with Crippen LogP contribution in [0.3, 0.4) is 0 Å². The smallest absolute Gasteiger partial charge is 0.116 e. The Morgan fingerprint density at radius 1 is 0.923 bits per heavy atom. The topological polar surface area (TPSA) is 35.5 Å². The van der Waals surface area contributed by atoms with E-state index in [0.717, 1.165) is 26.4 Å². The van der Waals surface area contributed by atoms with Gasteiger partial charge in [0.15, 0.2) is 0 Å². The van der Waals surface area contributed by atoms with E-state index < -0.39 is 0 Å². The summed E-state index contributed by atoms with van der Waals surface area (Å²) in [4.78, 5) is 8.57. The van der Waals surface area contributed by atoms with Crippen molar-refractivity contribution in [2.24, 2.45) is 0 Å². The van der Waals surface area contributed by atoms with Crippen LogP contribution in [0.15, 0.2) is 6.58 Å². The molecule has 0 aromatic carbocycles. The number of hydrogen-bond donors (Lipinski definition) is 0. The first-order chi connectivity index (χ1) is 6.24. The van der Waals surface area contributed by atoms with Crippen molar-refractivity contribution in [3.05, 3.63) is 6.58 Å². The van der Waals surface area contributed by atoms with E-state index in [-0.39, 0.29) is 0 Å². The van der Waals surface area contributed by atoms with Crippen LogP contribution in [0.5, 0.6) is 0 Å². The third-order valence-electron chi connectivity index (χ3n) is 0.816. The Morgan fingerprint density at radius 2 is 1.08 bits per heavy atom. The second-order valence-electron chi connectivity index (χ2n) is 1.71. The highest BCUT2D eigenvalue weighted by atomic mass is 16.5. The van der Waals surface area contributed by atoms with Crippen molar-refractivity contribution < 1.29 is 14.3 Å². The van der Waals surface area contributed by atoms with Gasteiger partial charge in [0.25, 0.3) is 0 Å². The molecular weight excluding hydrogens is 168 g/mol. The average Bonchev–Trinajstić information content (AvgIpc) is 2.09. The Labute approximate surface area is 81.7 Å². The molecule has 0 aliphatic heterocycles. The van der Waals surface area contributed by atoms with Crippen LogP contribution in [0.4, 0.5) is 0 Å². The van der Waals surface area contributed by atoms with Gasteiger partial charge in [-0.2, -0.15) is 0 Å². The maximum absolute atomic E-state index is 8.57. The highest BCUT2D eigenvalue weighted by Crippen LogP contribution is 1.64. The lowest BCUT2D eigenvalue weighted by molar-refractivity contribution is 0.162. The van der Waals surface area contributed by atoms with Gasteiger partial charge in [0.05, 0.1) is 0 Å². The summed E-state index contributed by atoms with van der Waals surface area (Å²) in [5, 5.41) is 0. The van der Waals surface area contributed by atoms with Crippen molar-refractivity contribution in [1.82, 2.24) is 0 Å². The lowest BCUT2D eigenvalue weighted by Crippen LogP contribution is -1.84. The zero-order valence-electron chi connectivity index (χ0n) is 9.26. The summed E-state index contributed by atoms with van der Waals surface area (Å²) in [7, 11) is 0. The fraction of sp³-hybridized carbons (Fsp3) is 0.800. The Bertz CT molecular complexity index is 76.2. The first-order valence-corrected chi connectivity index (χ1v) is 4.54. The van der Waals surface area contributed by atoms with E-state index in [1.54, 1.807) is 0 Å². The fourth-order valence-corrected chi connectivity index (χ4v) is 0.408. The lowest BCUT2D eigenvalue weighted by Gasteiger charge is -1.86. The molecule has 0 aromatic heterocycles. The molecule has 80 valence electrons. The van der Waals surface area contributed by atoms with E-state index in [1.165, 1.54) is 5.94 Å². The predicted octanol–water partition coefficient (Wildman–Crippen LogP) is 2.09. The van der Waals surface area contributed by atoms with Gasteiger partial charge in [0.2, 0.25) is 0 Å². The molecule has 0 atom stereocenters. The molecule has 0 rings (SSSR count). The minimum absolute atomic E-state index is 0.844. The van der Waals surface area contributed by atoms with Crippen LogP contribution >= 0.6 is 0 Å². The van der Waals surface area contributed by atoms with Gasteiger partial charge in [0, 0.05) is 26.4 Å². The summed E-state index contributed by atoms with van der Waals surface area (Å²) < 4.78 is 9.67. The molecule has 0 aliphatic carbocycles. The van der Waals surface area contributed by atoms with Crippen molar-refractivity contribution >= 4 is 5.94 Å². The molecular formula is C10H22O3. The first kappa shape index (κ1) is 18.2. The Kier molecular flexibility index (Phi) is 42.2. The van der Waals surface area contributed by atoms with Crippen LogP contribution in [0.1, 0.15) is 27.7 Å². The van der Waals surface area contributed by atoms with Crippen molar-refractivity contribution in [2.45, 2.75) is 27.7 Å². The molecule has 0 fully saturated rings. The third kappa shape index (κ3) is 87.9. The number of rotatable bonds is 4. The molecule has 0 saturated carbocycles. The monoisotopic (exact) mass is 190 g/mol. The molecule has 0 saturated heterocycles. The minimum Gasteiger partial charge on any atom is -0.382 e. The third-order valence-corrected chi connectivity index (χ3v) is 0.816. The standard InChI is InChI=1S/2C4H10O.C2H2O/c2*1-3-5-4-2;1-2-3/h2*3-4H2,1-2H3;1H2. The van der Waals surface area contributed by atoms with E-state index in [4.69, 9.17) is 14.3 Å². The second-order valence-corrected chi connectivity index (χ2v) is 1.71. The van der Waals surface area contributed by atoms with Gasteiger partial charge in [0.1, 0.15) is 5.94 Å². The number of hydrogen-bond acceptors (Lipinski definition) is 3. The quantitative estimate of drug-likeness (QED) is 0.637. The number of ether oxygens (including phenoxy) is 2. The van der Waals surface area contributed by atoms with E-state index in [9.17, 15) is 0 Å². The minimum atomic E-state index is 0.844. The van der Waals surface area contributed by atoms with Gasteiger partial charge < -0.3 is 9.47 Å². The van der Waals surface area contributed by atoms with E-state index >= 15 is 0 Å². The van der Waals surface area contributed by atoms with E-state index in [0.29, 0.717) is 0 Å². The van der Waals surface area contributed by atoms with Crippen LogP contribution in [-0.2, 0) is 14.3 Å². The molecule has 0 bridgehead atoms. The molecule has 0 N–H and O–H groups in total. The molecule has 3 heteroatoms. The van der Waals surface area contributed by atoms with Gasteiger partial charge >= 0.3 is 0 Å². The second kappa shape index (κ2) is 30.1. The summed E-state index contributed by atoms with van der Waals surface area (Å²) >= 11 is 0. The van der Waals surface area contributed by atoms with Crippen LogP contribution in [0.2, 0.25) is 0 Å². The summed E-state index contributed by atoms with van der Waals surface area (Å²) in [6.07, 6.45) is 0. The SMILES string of the molecule is C=C=O.CCOCC.CCOCC. The zero-order chi connectivity index (χ0) is 10.9. The first-order valence-electron chi connectivity index (χ1n) is 4.54. The van der Waals surface area contributed by atoms with Gasteiger partial charge in [-0.1, -0.05) is 0 Å². The Balaban J connectivity index is -0.000000120. The molecule has 0 radical (unpaired) electrons.